The van der Waals surface area contributed by atoms with E-state index in [0.717, 1.165) is 18.9 Å². The molecular weight excluding hydrogens is 417 g/mol. The first-order chi connectivity index (χ1) is 15.5. The second-order valence-electron chi connectivity index (χ2n) is 8.10. The Kier molecular flexibility index (Phi) is 4.01. The number of nitrogens with zero attached hydrogens (tertiary/aromatic N) is 5. The summed E-state index contributed by atoms with van der Waals surface area (Å²) in [6.07, 6.45) is 6.93. The van der Waals surface area contributed by atoms with Gasteiger partial charge in [-0.25, -0.2) is 23.1 Å². The standard InChI is InChI=1S/C23H17F3N6/c24-13-5-12(6-14(25)7-13)8-31-9-18-19(30-31)4-3-16(21(18)26)17-10-32(15-1-2-15)23-20(17)22(27)28-11-29-23/h3-7,9-11,15H,1-2,8H2,(H2,27,28,29). The molecule has 1 saturated carbocycles. The van der Waals surface area contributed by atoms with Gasteiger partial charge < -0.3 is 10.3 Å². The van der Waals surface area contributed by atoms with Gasteiger partial charge in [0, 0.05) is 35.6 Å². The molecule has 3 aromatic heterocycles. The molecule has 0 saturated heterocycles. The first-order valence-electron chi connectivity index (χ1n) is 10.2. The summed E-state index contributed by atoms with van der Waals surface area (Å²) in [7, 11) is 0. The summed E-state index contributed by atoms with van der Waals surface area (Å²) >= 11 is 0. The van der Waals surface area contributed by atoms with E-state index in [2.05, 4.69) is 15.1 Å². The molecule has 0 atom stereocenters. The van der Waals surface area contributed by atoms with Crippen molar-refractivity contribution in [1.82, 2.24) is 24.3 Å². The lowest BCUT2D eigenvalue weighted by Crippen LogP contribution is -2.01. The highest BCUT2D eigenvalue weighted by Gasteiger charge is 2.28. The zero-order chi connectivity index (χ0) is 22.0. The van der Waals surface area contributed by atoms with E-state index in [0.29, 0.717) is 50.5 Å². The zero-order valence-electron chi connectivity index (χ0n) is 16.8. The summed E-state index contributed by atoms with van der Waals surface area (Å²) in [4.78, 5) is 8.48. The average molecular weight is 434 g/mol. The van der Waals surface area contributed by atoms with Crippen molar-refractivity contribution >= 4 is 27.8 Å². The lowest BCUT2D eigenvalue weighted by atomic mass is 10.0. The largest absolute Gasteiger partial charge is 0.383 e. The molecule has 0 bridgehead atoms. The van der Waals surface area contributed by atoms with Crippen molar-refractivity contribution in [1.29, 1.82) is 0 Å². The summed E-state index contributed by atoms with van der Waals surface area (Å²) in [5.41, 5.74) is 8.68. The van der Waals surface area contributed by atoms with Crippen LogP contribution in [0.25, 0.3) is 33.1 Å². The third-order valence-electron chi connectivity index (χ3n) is 5.81. The van der Waals surface area contributed by atoms with E-state index in [4.69, 9.17) is 5.73 Å². The second kappa shape index (κ2) is 6.81. The van der Waals surface area contributed by atoms with E-state index in [1.807, 2.05) is 10.8 Å². The van der Waals surface area contributed by atoms with Crippen LogP contribution in [-0.2, 0) is 6.54 Å². The Hall–Kier alpha value is -3.88. The van der Waals surface area contributed by atoms with Gasteiger partial charge in [0.25, 0.3) is 0 Å². The minimum atomic E-state index is -0.669. The smallest absolute Gasteiger partial charge is 0.146 e. The van der Waals surface area contributed by atoms with Crippen LogP contribution >= 0.6 is 0 Å². The van der Waals surface area contributed by atoms with Crippen molar-refractivity contribution in [2.45, 2.75) is 25.4 Å². The minimum absolute atomic E-state index is 0.111. The van der Waals surface area contributed by atoms with E-state index in [9.17, 15) is 8.78 Å². The SMILES string of the molecule is Nc1ncnc2c1c(-c1ccc3nn(Cc4cc(F)cc(F)c4)cc3c1F)cn2C1CC1. The summed E-state index contributed by atoms with van der Waals surface area (Å²) in [6, 6.07) is 6.98. The number of nitrogens with two attached hydrogens (primary N) is 1. The van der Waals surface area contributed by atoms with Gasteiger partial charge >= 0.3 is 0 Å². The Balaban J connectivity index is 1.47. The molecule has 6 nitrogen and oxygen atoms in total. The second-order valence-corrected chi connectivity index (χ2v) is 8.10. The van der Waals surface area contributed by atoms with Crippen LogP contribution in [0.2, 0.25) is 0 Å². The summed E-state index contributed by atoms with van der Waals surface area (Å²) in [6.45, 7) is 0.111. The van der Waals surface area contributed by atoms with Crippen LogP contribution in [0.5, 0.6) is 0 Å². The van der Waals surface area contributed by atoms with Gasteiger partial charge in [-0.1, -0.05) is 0 Å². The predicted molar refractivity (Wildman–Crippen MR) is 114 cm³/mol. The predicted octanol–water partition coefficient (Wildman–Crippen LogP) is 4.83. The lowest BCUT2D eigenvalue weighted by Gasteiger charge is -2.03. The average Bonchev–Trinajstić information content (AvgIpc) is 3.38. The molecular formula is C23H17F3N6. The summed E-state index contributed by atoms with van der Waals surface area (Å²) < 4.78 is 46.2. The topological polar surface area (TPSA) is 74.6 Å². The van der Waals surface area contributed by atoms with Crippen LogP contribution in [0.4, 0.5) is 19.0 Å². The molecule has 0 unspecified atom stereocenters. The van der Waals surface area contributed by atoms with Gasteiger partial charge in [0.2, 0.25) is 0 Å². The minimum Gasteiger partial charge on any atom is -0.383 e. The third kappa shape index (κ3) is 3.00. The quantitative estimate of drug-likeness (QED) is 0.440. The molecule has 6 rings (SSSR count). The maximum absolute atomic E-state index is 15.7. The molecule has 2 aromatic carbocycles. The molecule has 0 amide bonds. The van der Waals surface area contributed by atoms with Crippen LogP contribution in [0.3, 0.4) is 0 Å². The Morgan fingerprint density at radius 1 is 0.969 bits per heavy atom. The first kappa shape index (κ1) is 18.9. The zero-order valence-corrected chi connectivity index (χ0v) is 16.8. The van der Waals surface area contributed by atoms with E-state index in [1.54, 1.807) is 12.1 Å². The fraction of sp³-hybridized carbons (Fsp3) is 0.174. The summed E-state index contributed by atoms with van der Waals surface area (Å²) in [5, 5.41) is 5.30. The van der Waals surface area contributed by atoms with Crippen molar-refractivity contribution in [2.24, 2.45) is 0 Å². The highest BCUT2D eigenvalue weighted by atomic mass is 19.1. The van der Waals surface area contributed by atoms with Crippen LogP contribution < -0.4 is 5.73 Å². The molecule has 160 valence electrons. The van der Waals surface area contributed by atoms with Gasteiger partial charge in [0.05, 0.1) is 22.8 Å². The maximum atomic E-state index is 15.7. The molecule has 32 heavy (non-hydrogen) atoms. The number of hydrogen-bond acceptors (Lipinski definition) is 4. The molecule has 9 heteroatoms. The van der Waals surface area contributed by atoms with Gasteiger partial charge in [-0.2, -0.15) is 5.10 Å². The van der Waals surface area contributed by atoms with Gasteiger partial charge in [0.1, 0.15) is 35.2 Å². The van der Waals surface area contributed by atoms with E-state index >= 15 is 4.39 Å². The molecule has 1 aliphatic carbocycles. The Morgan fingerprint density at radius 2 is 1.75 bits per heavy atom. The van der Waals surface area contributed by atoms with Gasteiger partial charge in [-0.3, -0.25) is 4.68 Å². The Labute approximate surface area is 180 Å². The molecule has 2 N–H and O–H groups in total. The number of hydrogen-bond donors (Lipinski definition) is 1. The molecule has 5 aromatic rings. The number of halogens is 3. The van der Waals surface area contributed by atoms with Crippen molar-refractivity contribution in [3.63, 3.8) is 0 Å². The van der Waals surface area contributed by atoms with E-state index < -0.39 is 17.5 Å². The Morgan fingerprint density at radius 3 is 2.50 bits per heavy atom. The molecule has 1 fully saturated rings. The van der Waals surface area contributed by atoms with Crippen LogP contribution in [0.1, 0.15) is 24.4 Å². The van der Waals surface area contributed by atoms with Gasteiger partial charge in [0.15, 0.2) is 0 Å². The fourth-order valence-electron chi connectivity index (χ4n) is 4.23. The van der Waals surface area contributed by atoms with Crippen molar-refractivity contribution in [3.8, 4) is 11.1 Å². The van der Waals surface area contributed by atoms with Crippen LogP contribution in [0, 0.1) is 17.5 Å². The van der Waals surface area contributed by atoms with Crippen molar-refractivity contribution in [2.75, 3.05) is 5.73 Å². The number of fused-ring (bicyclic) bond motifs is 2. The number of aromatic nitrogens is 5. The highest BCUT2D eigenvalue weighted by Crippen LogP contribution is 2.43. The fourth-order valence-corrected chi connectivity index (χ4v) is 4.23. The molecule has 0 radical (unpaired) electrons. The number of anilines is 1. The third-order valence-corrected chi connectivity index (χ3v) is 5.81. The Bertz CT molecular complexity index is 1500. The molecule has 0 spiro atoms. The van der Waals surface area contributed by atoms with Crippen molar-refractivity contribution < 1.29 is 13.2 Å². The van der Waals surface area contributed by atoms with Crippen LogP contribution in [0.15, 0.2) is 49.1 Å². The maximum Gasteiger partial charge on any atom is 0.146 e. The van der Waals surface area contributed by atoms with Crippen LogP contribution in [-0.4, -0.2) is 24.3 Å². The molecule has 3 heterocycles. The van der Waals surface area contributed by atoms with Gasteiger partial charge in [-0.15, -0.1) is 0 Å². The highest BCUT2D eigenvalue weighted by molar-refractivity contribution is 6.02. The monoisotopic (exact) mass is 434 g/mol. The number of benzene rings is 2. The first-order valence-corrected chi connectivity index (χ1v) is 10.2. The number of rotatable bonds is 4. The van der Waals surface area contributed by atoms with Gasteiger partial charge in [-0.05, 0) is 42.7 Å². The van der Waals surface area contributed by atoms with E-state index in [-0.39, 0.29) is 6.54 Å². The van der Waals surface area contributed by atoms with Crippen molar-refractivity contribution in [3.05, 3.63) is 72.1 Å². The normalized spacial score (nSPS) is 14.0. The molecule has 0 aliphatic heterocycles. The summed E-state index contributed by atoms with van der Waals surface area (Å²) in [5.74, 6) is -1.49. The number of nitrogen functional groups attached to an aromatic ring is 1. The lowest BCUT2D eigenvalue weighted by molar-refractivity contribution is 0.575. The van der Waals surface area contributed by atoms with E-state index in [1.165, 1.54) is 29.3 Å². The molecule has 1 aliphatic rings.